The van der Waals surface area contributed by atoms with Crippen molar-refractivity contribution in [2.75, 3.05) is 14.2 Å². The van der Waals surface area contributed by atoms with E-state index in [9.17, 15) is 0 Å². The zero-order valence-corrected chi connectivity index (χ0v) is 17.8. The maximum Gasteiger partial charge on any atom is 0.127 e. The van der Waals surface area contributed by atoms with Crippen LogP contribution in [0, 0.1) is 13.8 Å². The van der Waals surface area contributed by atoms with Gasteiger partial charge in [0.2, 0.25) is 0 Å². The first-order valence-electron chi connectivity index (χ1n) is 6.36. The lowest BCUT2D eigenvalue weighted by Crippen LogP contribution is -2.19. The van der Waals surface area contributed by atoms with Crippen molar-refractivity contribution >= 4 is 59.1 Å². The van der Waals surface area contributed by atoms with Crippen LogP contribution in [0.15, 0.2) is 24.9 Å². The molecule has 0 aliphatic carbocycles. The predicted octanol–water partition coefficient (Wildman–Crippen LogP) is 5.97. The molecule has 0 amide bonds. The molecule has 21 heavy (non-hydrogen) atoms. The number of ether oxygens (including phenoxy) is 1. The highest BCUT2D eigenvalue weighted by Gasteiger charge is 2.24. The molecule has 0 radical (unpaired) electrons. The van der Waals surface area contributed by atoms with Crippen LogP contribution in [0.3, 0.4) is 0 Å². The molecule has 1 unspecified atom stereocenters. The molecule has 2 rings (SSSR count). The Morgan fingerprint density at radius 3 is 2.29 bits per heavy atom. The Balaban J connectivity index is 2.67. The highest BCUT2D eigenvalue weighted by atomic mass is 79.9. The van der Waals surface area contributed by atoms with Crippen molar-refractivity contribution in [1.29, 1.82) is 0 Å². The van der Waals surface area contributed by atoms with Gasteiger partial charge in [0.25, 0.3) is 0 Å². The summed E-state index contributed by atoms with van der Waals surface area (Å²) in [6, 6.07) is 4.33. The molecule has 0 bridgehead atoms. The van der Waals surface area contributed by atoms with Gasteiger partial charge in [-0.15, -0.1) is 11.3 Å². The van der Waals surface area contributed by atoms with Crippen LogP contribution < -0.4 is 10.1 Å². The fourth-order valence-corrected chi connectivity index (χ4v) is 5.20. The van der Waals surface area contributed by atoms with E-state index in [1.165, 1.54) is 16.0 Å². The topological polar surface area (TPSA) is 21.3 Å². The smallest absolute Gasteiger partial charge is 0.127 e. The van der Waals surface area contributed by atoms with Crippen LogP contribution in [0.4, 0.5) is 0 Å². The minimum absolute atomic E-state index is 0.0868. The van der Waals surface area contributed by atoms with Crippen LogP contribution in [0.25, 0.3) is 0 Å². The first-order chi connectivity index (χ1) is 9.90. The Morgan fingerprint density at radius 1 is 1.14 bits per heavy atom. The molecule has 0 aliphatic rings. The summed E-state index contributed by atoms with van der Waals surface area (Å²) < 4.78 is 8.95. The zero-order chi connectivity index (χ0) is 15.7. The summed E-state index contributed by atoms with van der Waals surface area (Å²) in [5, 5.41) is 3.41. The van der Waals surface area contributed by atoms with Crippen LogP contribution in [-0.2, 0) is 0 Å². The Labute approximate surface area is 154 Å². The summed E-state index contributed by atoms with van der Waals surface area (Å²) in [6.45, 7) is 4.18. The van der Waals surface area contributed by atoms with Gasteiger partial charge in [-0.25, -0.2) is 0 Å². The third-order valence-electron chi connectivity index (χ3n) is 3.44. The number of aryl methyl sites for hydroxylation is 1. The van der Waals surface area contributed by atoms with Gasteiger partial charge in [-0.05, 0) is 76.0 Å². The van der Waals surface area contributed by atoms with Crippen LogP contribution in [0.5, 0.6) is 5.75 Å². The number of thiophene rings is 1. The monoisotopic (exact) mass is 495 g/mol. The molecule has 0 saturated carbocycles. The van der Waals surface area contributed by atoms with E-state index in [0.717, 1.165) is 24.0 Å². The minimum atomic E-state index is 0.0868. The summed E-state index contributed by atoms with van der Waals surface area (Å²) >= 11 is 12.5. The fraction of sp³-hybridized carbons (Fsp3) is 0.333. The lowest BCUT2D eigenvalue weighted by molar-refractivity contribution is 0.402. The van der Waals surface area contributed by atoms with E-state index in [4.69, 9.17) is 4.74 Å². The quantitative estimate of drug-likeness (QED) is 0.562. The molecular formula is C15H16Br3NOS. The van der Waals surface area contributed by atoms with E-state index in [-0.39, 0.29) is 6.04 Å². The molecule has 1 aromatic heterocycles. The molecule has 2 aromatic rings. The van der Waals surface area contributed by atoms with Crippen molar-refractivity contribution in [3.05, 3.63) is 46.4 Å². The van der Waals surface area contributed by atoms with E-state index < -0.39 is 0 Å². The Bertz CT molecular complexity index is 650. The van der Waals surface area contributed by atoms with Crippen molar-refractivity contribution < 1.29 is 4.74 Å². The summed E-state index contributed by atoms with van der Waals surface area (Å²) in [4.78, 5) is 1.23. The molecule has 0 fully saturated rings. The molecule has 6 heteroatoms. The summed E-state index contributed by atoms with van der Waals surface area (Å²) in [6.07, 6.45) is 0. The molecule has 0 saturated heterocycles. The number of rotatable bonds is 4. The highest BCUT2D eigenvalue weighted by molar-refractivity contribution is 9.13. The van der Waals surface area contributed by atoms with Crippen molar-refractivity contribution in [2.24, 2.45) is 0 Å². The van der Waals surface area contributed by atoms with Gasteiger partial charge in [0.15, 0.2) is 0 Å². The SMILES string of the molecule is CNC(c1cc(Br)c(Br)s1)c1c(C)c(Br)cc(C)c1OC. The lowest BCUT2D eigenvalue weighted by atomic mass is 9.96. The van der Waals surface area contributed by atoms with E-state index in [2.05, 4.69) is 79.1 Å². The van der Waals surface area contributed by atoms with Crippen LogP contribution in [-0.4, -0.2) is 14.2 Å². The number of methoxy groups -OCH3 is 1. The van der Waals surface area contributed by atoms with Gasteiger partial charge in [-0.3, -0.25) is 0 Å². The minimum Gasteiger partial charge on any atom is -0.496 e. The predicted molar refractivity (Wildman–Crippen MR) is 101 cm³/mol. The van der Waals surface area contributed by atoms with Crippen molar-refractivity contribution in [3.63, 3.8) is 0 Å². The molecule has 1 aromatic carbocycles. The number of nitrogens with one attached hydrogen (secondary N) is 1. The van der Waals surface area contributed by atoms with E-state index in [1.54, 1.807) is 18.4 Å². The summed E-state index contributed by atoms with van der Waals surface area (Å²) in [7, 11) is 3.70. The van der Waals surface area contributed by atoms with Crippen LogP contribution in [0.1, 0.15) is 27.6 Å². The molecule has 1 heterocycles. The second-order valence-electron chi connectivity index (χ2n) is 4.74. The Kier molecular flexibility index (Phi) is 5.93. The van der Waals surface area contributed by atoms with Crippen LogP contribution >= 0.6 is 59.1 Å². The number of halogens is 3. The molecule has 114 valence electrons. The standard InChI is InChI=1S/C15H16Br3NOS/c1-7-5-9(16)8(2)12(14(7)20-4)13(19-3)11-6-10(17)15(18)21-11/h5-6,13,19H,1-4H3. The lowest BCUT2D eigenvalue weighted by Gasteiger charge is -2.23. The first kappa shape index (κ1) is 17.5. The van der Waals surface area contributed by atoms with Gasteiger partial charge < -0.3 is 10.1 Å². The third kappa shape index (κ3) is 3.39. The van der Waals surface area contributed by atoms with E-state index >= 15 is 0 Å². The zero-order valence-electron chi connectivity index (χ0n) is 12.2. The van der Waals surface area contributed by atoms with Crippen molar-refractivity contribution in [3.8, 4) is 5.75 Å². The maximum absolute atomic E-state index is 5.67. The molecular weight excluding hydrogens is 482 g/mol. The maximum atomic E-state index is 5.67. The highest BCUT2D eigenvalue weighted by Crippen LogP contribution is 2.43. The largest absolute Gasteiger partial charge is 0.496 e. The molecule has 0 spiro atoms. The van der Waals surface area contributed by atoms with Gasteiger partial charge in [-0.1, -0.05) is 15.9 Å². The third-order valence-corrected chi connectivity index (χ3v) is 7.58. The first-order valence-corrected chi connectivity index (χ1v) is 9.55. The molecule has 2 nitrogen and oxygen atoms in total. The van der Waals surface area contributed by atoms with Gasteiger partial charge in [0.1, 0.15) is 5.75 Å². The van der Waals surface area contributed by atoms with Gasteiger partial charge in [-0.2, -0.15) is 0 Å². The number of hydrogen-bond acceptors (Lipinski definition) is 3. The van der Waals surface area contributed by atoms with E-state index in [1.807, 2.05) is 7.05 Å². The molecule has 1 N–H and O–H groups in total. The van der Waals surface area contributed by atoms with Gasteiger partial charge in [0, 0.05) is 19.4 Å². The number of benzene rings is 1. The Morgan fingerprint density at radius 2 is 1.81 bits per heavy atom. The molecule has 1 atom stereocenters. The fourth-order valence-electron chi connectivity index (χ4n) is 2.43. The van der Waals surface area contributed by atoms with E-state index in [0.29, 0.717) is 0 Å². The Hall–Kier alpha value is 0.120. The normalized spacial score (nSPS) is 12.5. The second kappa shape index (κ2) is 7.13. The van der Waals surface area contributed by atoms with Crippen molar-refractivity contribution in [2.45, 2.75) is 19.9 Å². The second-order valence-corrected chi connectivity index (χ2v) is 8.85. The van der Waals surface area contributed by atoms with Crippen molar-refractivity contribution in [1.82, 2.24) is 5.32 Å². The van der Waals surface area contributed by atoms with Gasteiger partial charge >= 0.3 is 0 Å². The average Bonchev–Trinajstić information content (AvgIpc) is 2.76. The van der Waals surface area contributed by atoms with Gasteiger partial charge in [0.05, 0.1) is 16.9 Å². The molecule has 0 aliphatic heterocycles. The number of hydrogen-bond donors (Lipinski definition) is 1. The summed E-state index contributed by atoms with van der Waals surface area (Å²) in [5.41, 5.74) is 3.49. The van der Waals surface area contributed by atoms with Crippen LogP contribution in [0.2, 0.25) is 0 Å². The summed E-state index contributed by atoms with van der Waals surface area (Å²) in [5.74, 6) is 0.940. The average molecular weight is 498 g/mol.